The lowest BCUT2D eigenvalue weighted by Crippen LogP contribution is -2.19. The van der Waals surface area contributed by atoms with Gasteiger partial charge in [0, 0.05) is 32.3 Å². The van der Waals surface area contributed by atoms with Crippen LogP contribution in [0.4, 0.5) is 13.2 Å². The number of alkyl halides is 3. The average molecular weight is 373 g/mol. The van der Waals surface area contributed by atoms with E-state index in [1.807, 2.05) is 6.07 Å². The summed E-state index contributed by atoms with van der Waals surface area (Å²) in [6.07, 6.45) is -2.61. The van der Waals surface area contributed by atoms with Crippen molar-refractivity contribution in [1.29, 1.82) is 0 Å². The summed E-state index contributed by atoms with van der Waals surface area (Å²) < 4.78 is 40.7. The Balaban J connectivity index is 2.07. The normalized spacial score (nSPS) is 11.4. The molecule has 0 saturated heterocycles. The summed E-state index contributed by atoms with van der Waals surface area (Å²) in [6, 6.07) is 12.4. The van der Waals surface area contributed by atoms with Crippen LogP contribution in [0.5, 0.6) is 0 Å². The van der Waals surface area contributed by atoms with Gasteiger partial charge >= 0.3 is 6.18 Å². The van der Waals surface area contributed by atoms with Crippen LogP contribution in [-0.4, -0.2) is 15.7 Å². The molecule has 4 nitrogen and oxygen atoms in total. The number of nitrogens with zero attached hydrogens (tertiary/aromatic N) is 2. The molecule has 1 heterocycles. The van der Waals surface area contributed by atoms with Crippen LogP contribution < -0.4 is 5.32 Å². The monoisotopic (exact) mass is 373 g/mol. The van der Waals surface area contributed by atoms with E-state index in [9.17, 15) is 18.0 Å². The number of nitrogens with one attached hydrogen (secondary N) is 1. The van der Waals surface area contributed by atoms with Crippen molar-refractivity contribution in [1.82, 2.24) is 15.1 Å². The lowest BCUT2D eigenvalue weighted by molar-refractivity contribution is -0.137. The second-order valence-corrected chi connectivity index (χ2v) is 6.23. The van der Waals surface area contributed by atoms with Gasteiger partial charge in [0.15, 0.2) is 0 Å². The van der Waals surface area contributed by atoms with Crippen LogP contribution >= 0.6 is 0 Å². The highest BCUT2D eigenvalue weighted by Gasteiger charge is 2.30. The highest BCUT2D eigenvalue weighted by atomic mass is 19.4. The van der Waals surface area contributed by atoms with Crippen molar-refractivity contribution in [2.24, 2.45) is 7.05 Å². The molecule has 3 aromatic rings. The predicted molar refractivity (Wildman–Crippen MR) is 96.6 cm³/mol. The highest BCUT2D eigenvalue weighted by Crippen LogP contribution is 2.34. The van der Waals surface area contributed by atoms with E-state index in [0.29, 0.717) is 23.4 Å². The fourth-order valence-corrected chi connectivity index (χ4v) is 2.80. The first kappa shape index (κ1) is 18.7. The Bertz CT molecular complexity index is 977. The van der Waals surface area contributed by atoms with Gasteiger partial charge < -0.3 is 5.32 Å². The van der Waals surface area contributed by atoms with Crippen LogP contribution in [0.15, 0.2) is 54.7 Å². The molecule has 140 valence electrons. The second kappa shape index (κ2) is 7.26. The smallest absolute Gasteiger partial charge is 0.352 e. The molecule has 1 N–H and O–H groups in total. The zero-order valence-corrected chi connectivity index (χ0v) is 14.8. The highest BCUT2D eigenvalue weighted by molar-refractivity contribution is 5.76. The summed E-state index contributed by atoms with van der Waals surface area (Å²) in [4.78, 5) is 11.3. The van der Waals surface area contributed by atoms with Gasteiger partial charge in [-0.05, 0) is 41.0 Å². The van der Waals surface area contributed by atoms with E-state index in [0.717, 1.165) is 23.3 Å². The summed E-state index contributed by atoms with van der Waals surface area (Å²) in [5.41, 5.74) is 2.70. The molecule has 0 spiro atoms. The number of halogens is 3. The molecule has 3 rings (SSSR count). The first-order chi connectivity index (χ1) is 12.7. The SMILES string of the molecule is CC(=O)NCc1ccc(-c2cccc(C(F)(F)F)c2)cc1-c1ccn(C)n1. The number of rotatable bonds is 4. The third kappa shape index (κ3) is 4.36. The summed E-state index contributed by atoms with van der Waals surface area (Å²) in [5, 5.41) is 7.13. The molecule has 0 aliphatic rings. The largest absolute Gasteiger partial charge is 0.416 e. The fraction of sp³-hybridized carbons (Fsp3) is 0.200. The lowest BCUT2D eigenvalue weighted by Gasteiger charge is -2.13. The van der Waals surface area contributed by atoms with Gasteiger partial charge in [-0.2, -0.15) is 18.3 Å². The van der Waals surface area contributed by atoms with E-state index in [1.165, 1.54) is 13.0 Å². The molecule has 0 saturated carbocycles. The van der Waals surface area contributed by atoms with Crippen LogP contribution in [0.25, 0.3) is 22.4 Å². The van der Waals surface area contributed by atoms with Gasteiger partial charge in [-0.15, -0.1) is 0 Å². The van der Waals surface area contributed by atoms with Crippen molar-refractivity contribution in [2.75, 3.05) is 0 Å². The maximum Gasteiger partial charge on any atom is 0.416 e. The number of hydrogen-bond acceptors (Lipinski definition) is 2. The second-order valence-electron chi connectivity index (χ2n) is 6.23. The zero-order valence-electron chi connectivity index (χ0n) is 14.8. The molecule has 0 fully saturated rings. The number of aryl methyl sites for hydroxylation is 1. The minimum absolute atomic E-state index is 0.163. The molecule has 0 aliphatic carbocycles. The zero-order chi connectivity index (χ0) is 19.6. The number of benzene rings is 2. The predicted octanol–water partition coefficient (Wildman–Crippen LogP) is 4.41. The van der Waals surface area contributed by atoms with Gasteiger partial charge in [0.2, 0.25) is 5.91 Å². The molecular formula is C20H18F3N3O. The average Bonchev–Trinajstić information content (AvgIpc) is 3.05. The van der Waals surface area contributed by atoms with E-state index in [-0.39, 0.29) is 5.91 Å². The Morgan fingerprint density at radius 2 is 1.85 bits per heavy atom. The minimum atomic E-state index is -4.40. The quantitative estimate of drug-likeness (QED) is 0.736. The van der Waals surface area contributed by atoms with Gasteiger partial charge in [0.1, 0.15) is 0 Å². The summed E-state index contributed by atoms with van der Waals surface area (Å²) in [6.45, 7) is 1.74. The number of amides is 1. The molecule has 0 bridgehead atoms. The molecule has 0 radical (unpaired) electrons. The summed E-state index contributed by atoms with van der Waals surface area (Å²) >= 11 is 0. The van der Waals surface area contributed by atoms with Crippen LogP contribution in [0.3, 0.4) is 0 Å². The molecule has 1 amide bonds. The lowest BCUT2D eigenvalue weighted by atomic mass is 9.96. The van der Waals surface area contributed by atoms with Crippen molar-refractivity contribution in [3.8, 4) is 22.4 Å². The minimum Gasteiger partial charge on any atom is -0.352 e. The third-order valence-electron chi connectivity index (χ3n) is 4.15. The number of carbonyl (C=O) groups excluding carboxylic acids is 1. The standard InChI is InChI=1S/C20H18F3N3O/c1-13(27)24-12-16-7-6-15(11-18(16)19-8-9-26(2)25-19)14-4-3-5-17(10-14)20(21,22)23/h3-11H,12H2,1-2H3,(H,24,27). The first-order valence-corrected chi connectivity index (χ1v) is 8.29. The molecular weight excluding hydrogens is 355 g/mol. The molecule has 1 aromatic heterocycles. The van der Waals surface area contributed by atoms with Crippen LogP contribution in [0, 0.1) is 0 Å². The third-order valence-corrected chi connectivity index (χ3v) is 4.15. The first-order valence-electron chi connectivity index (χ1n) is 8.29. The Hall–Kier alpha value is -3.09. The molecule has 7 heteroatoms. The van der Waals surface area contributed by atoms with E-state index in [4.69, 9.17) is 0 Å². The van der Waals surface area contributed by atoms with Gasteiger partial charge in [-0.3, -0.25) is 9.48 Å². The molecule has 0 unspecified atom stereocenters. The molecule has 0 aliphatic heterocycles. The van der Waals surface area contributed by atoms with Crippen molar-refractivity contribution in [2.45, 2.75) is 19.6 Å². The number of carbonyl (C=O) groups is 1. The van der Waals surface area contributed by atoms with Gasteiger partial charge in [-0.25, -0.2) is 0 Å². The van der Waals surface area contributed by atoms with Gasteiger partial charge in [0.05, 0.1) is 11.3 Å². The van der Waals surface area contributed by atoms with Crippen LogP contribution in [0.1, 0.15) is 18.1 Å². The van der Waals surface area contributed by atoms with Crippen molar-refractivity contribution in [3.05, 3.63) is 65.9 Å². The summed E-state index contributed by atoms with van der Waals surface area (Å²) in [5.74, 6) is -0.163. The van der Waals surface area contributed by atoms with Gasteiger partial charge in [-0.1, -0.05) is 24.3 Å². The Labute approximate surface area is 154 Å². The number of aromatic nitrogens is 2. The van der Waals surface area contributed by atoms with Crippen molar-refractivity contribution in [3.63, 3.8) is 0 Å². The molecule has 2 aromatic carbocycles. The Kier molecular flexibility index (Phi) is 5.03. The van der Waals surface area contributed by atoms with Crippen LogP contribution in [-0.2, 0) is 24.6 Å². The van der Waals surface area contributed by atoms with Crippen molar-refractivity contribution < 1.29 is 18.0 Å². The topological polar surface area (TPSA) is 46.9 Å². The Morgan fingerprint density at radius 3 is 2.48 bits per heavy atom. The van der Waals surface area contributed by atoms with Gasteiger partial charge in [0.25, 0.3) is 0 Å². The van der Waals surface area contributed by atoms with E-state index >= 15 is 0 Å². The molecule has 27 heavy (non-hydrogen) atoms. The van der Waals surface area contributed by atoms with E-state index in [2.05, 4.69) is 10.4 Å². The summed E-state index contributed by atoms with van der Waals surface area (Å²) in [7, 11) is 1.79. The van der Waals surface area contributed by atoms with Crippen molar-refractivity contribution >= 4 is 5.91 Å². The Morgan fingerprint density at radius 1 is 1.11 bits per heavy atom. The van der Waals surface area contributed by atoms with E-state index < -0.39 is 11.7 Å². The number of hydrogen-bond donors (Lipinski definition) is 1. The van der Waals surface area contributed by atoms with Crippen LogP contribution in [0.2, 0.25) is 0 Å². The fourth-order valence-electron chi connectivity index (χ4n) is 2.80. The maximum atomic E-state index is 13.0. The maximum absolute atomic E-state index is 13.0. The van der Waals surface area contributed by atoms with E-state index in [1.54, 1.807) is 42.2 Å². The molecule has 0 atom stereocenters.